The van der Waals surface area contributed by atoms with E-state index >= 15 is 0 Å². The van der Waals surface area contributed by atoms with Crippen molar-refractivity contribution in [2.24, 2.45) is 4.99 Å². The maximum absolute atomic E-state index is 5.22. The number of benzene rings is 1. The number of nitrogens with zero attached hydrogens (tertiary/aromatic N) is 1. The Morgan fingerprint density at radius 3 is 2.94 bits per heavy atom. The van der Waals surface area contributed by atoms with Gasteiger partial charge in [-0.05, 0) is 35.6 Å². The predicted molar refractivity (Wildman–Crippen MR) is 78.4 cm³/mol. The van der Waals surface area contributed by atoms with Crippen molar-refractivity contribution in [1.82, 2.24) is 0 Å². The van der Waals surface area contributed by atoms with E-state index in [-0.39, 0.29) is 5.54 Å². The molecule has 0 aliphatic carbocycles. The van der Waals surface area contributed by atoms with Crippen LogP contribution in [0.15, 0.2) is 29.3 Å². The van der Waals surface area contributed by atoms with E-state index in [4.69, 9.17) is 9.73 Å². The lowest BCUT2D eigenvalue weighted by Gasteiger charge is -2.17. The Balaban J connectivity index is 2.28. The lowest BCUT2D eigenvalue weighted by molar-refractivity contribution is 0.153. The van der Waals surface area contributed by atoms with Crippen LogP contribution in [0.4, 0.5) is 0 Å². The summed E-state index contributed by atoms with van der Waals surface area (Å²) in [7, 11) is 1.73. The summed E-state index contributed by atoms with van der Waals surface area (Å²) in [5, 5.41) is 1.14. The van der Waals surface area contributed by atoms with E-state index in [0.29, 0.717) is 6.61 Å². The zero-order chi connectivity index (χ0) is 11.6. The van der Waals surface area contributed by atoms with E-state index in [1.165, 1.54) is 9.13 Å². The van der Waals surface area contributed by atoms with Gasteiger partial charge in [0.05, 0.1) is 17.2 Å². The Bertz CT molecular complexity index is 421. The Morgan fingerprint density at radius 1 is 1.50 bits per heavy atom. The van der Waals surface area contributed by atoms with Crippen LogP contribution in [-0.2, 0) is 4.74 Å². The van der Waals surface area contributed by atoms with Crippen molar-refractivity contribution in [3.63, 3.8) is 0 Å². The number of aliphatic imine (C=N–C) groups is 1. The molecule has 16 heavy (non-hydrogen) atoms. The molecule has 1 aliphatic heterocycles. The Hall–Kier alpha value is -0.0700. The third kappa shape index (κ3) is 2.60. The van der Waals surface area contributed by atoms with Gasteiger partial charge in [-0.1, -0.05) is 18.2 Å². The van der Waals surface area contributed by atoms with Gasteiger partial charge in [0.25, 0.3) is 0 Å². The number of ether oxygens (including phenoxy) is 1. The lowest BCUT2D eigenvalue weighted by atomic mass is 10.1. The van der Waals surface area contributed by atoms with E-state index in [1.54, 1.807) is 7.11 Å². The van der Waals surface area contributed by atoms with Gasteiger partial charge in [-0.25, -0.2) is 0 Å². The summed E-state index contributed by atoms with van der Waals surface area (Å²) >= 11 is 4.18. The number of hydrogen-bond donors (Lipinski definition) is 0. The van der Waals surface area contributed by atoms with Gasteiger partial charge in [-0.2, -0.15) is 0 Å². The fourth-order valence-electron chi connectivity index (χ4n) is 1.69. The molecule has 1 aromatic carbocycles. The summed E-state index contributed by atoms with van der Waals surface area (Å²) in [6.07, 6.45) is 0. The molecule has 0 spiro atoms. The molecule has 2 rings (SSSR count). The number of hydrogen-bond acceptors (Lipinski definition) is 3. The second-order valence-corrected chi connectivity index (χ2v) is 6.24. The SMILES string of the molecule is COCC1(C)CSC(c2ccccc2I)=N1. The highest BCUT2D eigenvalue weighted by atomic mass is 127. The standard InChI is InChI=1S/C12H14INOS/c1-12(7-15-2)8-16-11(14-12)9-5-3-4-6-10(9)13/h3-6H,7-8H2,1-2H3. The molecule has 0 saturated carbocycles. The average Bonchev–Trinajstić information content (AvgIpc) is 2.62. The quantitative estimate of drug-likeness (QED) is 0.784. The van der Waals surface area contributed by atoms with E-state index < -0.39 is 0 Å². The lowest BCUT2D eigenvalue weighted by Crippen LogP contribution is -2.28. The van der Waals surface area contributed by atoms with Gasteiger partial charge in [0.2, 0.25) is 0 Å². The zero-order valence-electron chi connectivity index (χ0n) is 9.37. The van der Waals surface area contributed by atoms with Gasteiger partial charge in [0.15, 0.2) is 0 Å². The molecule has 0 radical (unpaired) electrons. The average molecular weight is 347 g/mol. The van der Waals surface area contributed by atoms with Gasteiger partial charge in [-0.15, -0.1) is 11.8 Å². The Labute approximate surface area is 114 Å². The summed E-state index contributed by atoms with van der Waals surface area (Å²) < 4.78 is 6.48. The maximum atomic E-state index is 5.22. The zero-order valence-corrected chi connectivity index (χ0v) is 12.3. The van der Waals surface area contributed by atoms with E-state index in [0.717, 1.165) is 10.8 Å². The topological polar surface area (TPSA) is 21.6 Å². The van der Waals surface area contributed by atoms with Crippen molar-refractivity contribution in [1.29, 1.82) is 0 Å². The predicted octanol–water partition coefficient (Wildman–Crippen LogP) is 3.19. The molecule has 0 aromatic heterocycles. The van der Waals surface area contributed by atoms with Crippen molar-refractivity contribution in [2.75, 3.05) is 19.5 Å². The van der Waals surface area contributed by atoms with E-state index in [1.807, 2.05) is 11.8 Å². The van der Waals surface area contributed by atoms with Crippen LogP contribution in [0.25, 0.3) is 0 Å². The van der Waals surface area contributed by atoms with Crippen LogP contribution >= 0.6 is 34.4 Å². The number of rotatable bonds is 3. The normalized spacial score (nSPS) is 24.6. The fourth-order valence-corrected chi connectivity index (χ4v) is 3.73. The summed E-state index contributed by atoms with van der Waals surface area (Å²) in [4.78, 5) is 4.79. The first-order valence-electron chi connectivity index (χ1n) is 5.11. The van der Waals surface area contributed by atoms with Crippen LogP contribution in [-0.4, -0.2) is 30.1 Å². The highest BCUT2D eigenvalue weighted by molar-refractivity contribution is 14.1. The molecule has 1 atom stereocenters. The minimum atomic E-state index is -0.0618. The number of halogens is 1. The largest absolute Gasteiger partial charge is 0.382 e. The number of methoxy groups -OCH3 is 1. The second-order valence-electron chi connectivity index (χ2n) is 4.12. The summed E-state index contributed by atoms with van der Waals surface area (Å²) in [5.41, 5.74) is 1.18. The molecule has 0 amide bonds. The van der Waals surface area contributed by atoms with E-state index in [9.17, 15) is 0 Å². The molecular formula is C12H14INOS. The molecule has 0 fully saturated rings. The second kappa shape index (κ2) is 5.06. The fraction of sp³-hybridized carbons (Fsp3) is 0.417. The summed E-state index contributed by atoms with van der Waals surface area (Å²) in [6.45, 7) is 2.83. The molecule has 2 nitrogen and oxygen atoms in total. The molecule has 0 saturated heterocycles. The molecule has 1 unspecified atom stereocenters. The first kappa shape index (κ1) is 12.4. The highest BCUT2D eigenvalue weighted by Crippen LogP contribution is 2.32. The molecule has 0 bridgehead atoms. The molecule has 0 N–H and O–H groups in total. The van der Waals surface area contributed by atoms with Crippen LogP contribution in [0.2, 0.25) is 0 Å². The van der Waals surface area contributed by atoms with Gasteiger partial charge in [-0.3, -0.25) is 4.99 Å². The minimum Gasteiger partial charge on any atom is -0.382 e. The minimum absolute atomic E-state index is 0.0618. The third-order valence-electron chi connectivity index (χ3n) is 2.45. The molecule has 1 heterocycles. The molecule has 1 aromatic rings. The van der Waals surface area contributed by atoms with E-state index in [2.05, 4.69) is 53.8 Å². The van der Waals surface area contributed by atoms with Crippen molar-refractivity contribution in [3.8, 4) is 0 Å². The highest BCUT2D eigenvalue weighted by Gasteiger charge is 2.31. The Morgan fingerprint density at radius 2 is 2.25 bits per heavy atom. The smallest absolute Gasteiger partial charge is 0.0996 e. The van der Waals surface area contributed by atoms with Crippen LogP contribution in [0.5, 0.6) is 0 Å². The first-order valence-corrected chi connectivity index (χ1v) is 7.17. The van der Waals surface area contributed by atoms with Crippen LogP contribution in [0, 0.1) is 3.57 Å². The van der Waals surface area contributed by atoms with Gasteiger partial charge in [0, 0.05) is 22.0 Å². The first-order chi connectivity index (χ1) is 7.64. The van der Waals surface area contributed by atoms with Crippen molar-refractivity contribution in [3.05, 3.63) is 33.4 Å². The monoisotopic (exact) mass is 347 g/mol. The third-order valence-corrected chi connectivity index (χ3v) is 4.74. The molecule has 4 heteroatoms. The van der Waals surface area contributed by atoms with Gasteiger partial charge in [0.1, 0.15) is 0 Å². The Kier molecular flexibility index (Phi) is 3.92. The van der Waals surface area contributed by atoms with Crippen molar-refractivity contribution < 1.29 is 4.74 Å². The maximum Gasteiger partial charge on any atom is 0.0996 e. The summed E-state index contributed by atoms with van der Waals surface area (Å²) in [5.74, 6) is 1.00. The molecule has 86 valence electrons. The van der Waals surface area contributed by atoms with Gasteiger partial charge >= 0.3 is 0 Å². The molecular weight excluding hydrogens is 333 g/mol. The van der Waals surface area contributed by atoms with Gasteiger partial charge < -0.3 is 4.74 Å². The van der Waals surface area contributed by atoms with Crippen LogP contribution in [0.3, 0.4) is 0 Å². The van der Waals surface area contributed by atoms with Crippen molar-refractivity contribution >= 4 is 39.4 Å². The van der Waals surface area contributed by atoms with Crippen molar-refractivity contribution in [2.45, 2.75) is 12.5 Å². The van der Waals surface area contributed by atoms with Crippen LogP contribution < -0.4 is 0 Å². The number of thioether (sulfide) groups is 1. The molecule has 1 aliphatic rings. The van der Waals surface area contributed by atoms with Crippen LogP contribution in [0.1, 0.15) is 12.5 Å². The summed E-state index contributed by atoms with van der Waals surface area (Å²) in [6, 6.07) is 8.36.